The molecule has 35 heavy (non-hydrogen) atoms. The number of methoxy groups -OCH3 is 2. The smallest absolute Gasteiger partial charge is 0.247 e. The minimum Gasteiger partial charge on any atom is -0.495 e. The third-order valence-corrected chi connectivity index (χ3v) is 7.14. The first-order valence-corrected chi connectivity index (χ1v) is 12.0. The molecule has 0 saturated heterocycles. The minimum absolute atomic E-state index is 0.308. The van der Waals surface area contributed by atoms with Crippen LogP contribution in [0.15, 0.2) is 53.8 Å². The number of anilines is 2. The maximum atomic E-state index is 11.9. The van der Waals surface area contributed by atoms with Gasteiger partial charge in [-0.05, 0) is 56.0 Å². The fraction of sp³-hybridized carbons (Fsp3) is 0.154. The number of nitrogens with zero attached hydrogens (tertiary/aromatic N) is 1. The van der Waals surface area contributed by atoms with E-state index in [1.54, 1.807) is 12.1 Å². The topological polar surface area (TPSA) is 72.0 Å². The summed E-state index contributed by atoms with van der Waals surface area (Å²) in [4.78, 5) is 17.8. The number of thiophene rings is 1. The lowest BCUT2D eigenvalue weighted by atomic mass is 10.1. The van der Waals surface area contributed by atoms with Gasteiger partial charge < -0.3 is 20.1 Å². The van der Waals surface area contributed by atoms with Crippen molar-refractivity contribution in [3.05, 3.63) is 74.9 Å². The summed E-state index contributed by atoms with van der Waals surface area (Å²) in [5, 5.41) is 6.88. The van der Waals surface area contributed by atoms with Gasteiger partial charge in [0.25, 0.3) is 0 Å². The molecule has 0 aliphatic rings. The van der Waals surface area contributed by atoms with Crippen LogP contribution in [0.3, 0.4) is 0 Å². The molecule has 1 amide bonds. The van der Waals surface area contributed by atoms with Gasteiger partial charge in [0, 0.05) is 21.4 Å². The number of carbonyl (C=O) groups is 1. The molecule has 0 radical (unpaired) electrons. The molecule has 6 nitrogen and oxygen atoms in total. The van der Waals surface area contributed by atoms with Crippen LogP contribution >= 0.6 is 34.5 Å². The van der Waals surface area contributed by atoms with E-state index >= 15 is 0 Å². The molecule has 1 aromatic heterocycles. The zero-order valence-corrected chi connectivity index (χ0v) is 22.1. The standard InChI is InChI=1S/C26H25Cl2N3O3S/c1-7-22(32)30-16-10-8-9-14(2)26(16)31-21(29-4)13-19-15(3)11-20(35-19)23-24(27)17(33-5)12-18(34-6)25(23)28/h7-13,31H,1,4H2,2-3,5-6H3,(H,30,32)/b21-13+. The summed E-state index contributed by atoms with van der Waals surface area (Å²) in [6, 6.07) is 9.24. The molecule has 2 N–H and O–H groups in total. The highest BCUT2D eigenvalue weighted by Crippen LogP contribution is 2.48. The highest BCUT2D eigenvalue weighted by molar-refractivity contribution is 7.16. The number of aryl methyl sites for hydroxylation is 2. The average molecular weight is 530 g/mol. The molecule has 182 valence electrons. The Morgan fingerprint density at radius 2 is 1.71 bits per heavy atom. The van der Waals surface area contributed by atoms with E-state index < -0.39 is 0 Å². The van der Waals surface area contributed by atoms with Crippen LogP contribution in [0, 0.1) is 13.8 Å². The first-order chi connectivity index (χ1) is 16.7. The van der Waals surface area contributed by atoms with E-state index in [9.17, 15) is 4.79 Å². The van der Waals surface area contributed by atoms with E-state index in [0.717, 1.165) is 20.9 Å². The monoisotopic (exact) mass is 529 g/mol. The lowest BCUT2D eigenvalue weighted by molar-refractivity contribution is -0.111. The lowest BCUT2D eigenvalue weighted by Gasteiger charge is -2.15. The Morgan fingerprint density at radius 1 is 1.06 bits per heavy atom. The molecule has 0 aliphatic heterocycles. The van der Waals surface area contributed by atoms with Gasteiger partial charge in [-0.1, -0.05) is 41.9 Å². The van der Waals surface area contributed by atoms with Crippen LogP contribution in [-0.2, 0) is 4.79 Å². The maximum absolute atomic E-state index is 11.9. The fourth-order valence-electron chi connectivity index (χ4n) is 3.36. The zero-order valence-electron chi connectivity index (χ0n) is 19.8. The Kier molecular flexibility index (Phi) is 8.62. The molecule has 0 unspecified atom stereocenters. The molecule has 0 saturated carbocycles. The summed E-state index contributed by atoms with van der Waals surface area (Å²) >= 11 is 14.7. The second-order valence-electron chi connectivity index (χ2n) is 7.45. The number of hydrogen-bond acceptors (Lipinski definition) is 6. The van der Waals surface area contributed by atoms with Crippen molar-refractivity contribution in [2.45, 2.75) is 13.8 Å². The molecule has 2 aromatic carbocycles. The van der Waals surface area contributed by atoms with Crippen LogP contribution in [0.4, 0.5) is 11.4 Å². The summed E-state index contributed by atoms with van der Waals surface area (Å²) in [6.07, 6.45) is 3.09. The van der Waals surface area contributed by atoms with Gasteiger partial charge in [-0.3, -0.25) is 4.79 Å². The van der Waals surface area contributed by atoms with Crippen LogP contribution in [0.5, 0.6) is 11.5 Å². The number of hydrogen-bond donors (Lipinski definition) is 2. The van der Waals surface area contributed by atoms with E-state index in [0.29, 0.717) is 44.3 Å². The predicted octanol–water partition coefficient (Wildman–Crippen LogP) is 7.59. The first-order valence-electron chi connectivity index (χ1n) is 10.4. The van der Waals surface area contributed by atoms with Crippen LogP contribution in [-0.4, -0.2) is 26.8 Å². The lowest BCUT2D eigenvalue weighted by Crippen LogP contribution is -2.11. The molecule has 3 aromatic rings. The Balaban J connectivity index is 2.04. The molecule has 0 fully saturated rings. The fourth-order valence-corrected chi connectivity index (χ4v) is 5.35. The SMILES string of the molecule is C=CC(=O)Nc1cccc(C)c1N/C(=C/c1sc(-c2c(Cl)c(OC)cc(OC)c2Cl)cc1C)N=C. The molecule has 1 heterocycles. The van der Waals surface area contributed by atoms with Crippen molar-refractivity contribution in [3.63, 3.8) is 0 Å². The summed E-state index contributed by atoms with van der Waals surface area (Å²) in [6.45, 7) is 11.1. The van der Waals surface area contributed by atoms with E-state index in [1.807, 2.05) is 38.1 Å². The number of nitrogens with one attached hydrogen (secondary N) is 2. The van der Waals surface area contributed by atoms with E-state index in [2.05, 4.69) is 28.9 Å². The molecule has 0 aliphatic carbocycles. The highest BCUT2D eigenvalue weighted by Gasteiger charge is 2.21. The molecular formula is C26H25Cl2N3O3S. The number of halogens is 2. The number of para-hydroxylation sites is 1. The summed E-state index contributed by atoms with van der Waals surface area (Å²) in [5.74, 6) is 1.13. The van der Waals surface area contributed by atoms with Gasteiger partial charge in [-0.15, -0.1) is 11.3 Å². The van der Waals surface area contributed by atoms with Crippen molar-refractivity contribution >= 4 is 64.6 Å². The van der Waals surface area contributed by atoms with Crippen LogP contribution in [0.25, 0.3) is 16.5 Å². The number of amides is 1. The van der Waals surface area contributed by atoms with Gasteiger partial charge in [0.05, 0.1) is 35.6 Å². The van der Waals surface area contributed by atoms with Crippen molar-refractivity contribution in [1.29, 1.82) is 0 Å². The van der Waals surface area contributed by atoms with Gasteiger partial charge in [0.15, 0.2) is 0 Å². The minimum atomic E-state index is -0.308. The zero-order chi connectivity index (χ0) is 25.7. The summed E-state index contributed by atoms with van der Waals surface area (Å²) in [7, 11) is 3.08. The van der Waals surface area contributed by atoms with Crippen molar-refractivity contribution < 1.29 is 14.3 Å². The first kappa shape index (κ1) is 26.3. The molecule has 9 heteroatoms. The molecular weight excluding hydrogens is 505 g/mol. The van der Waals surface area contributed by atoms with Crippen LogP contribution in [0.1, 0.15) is 16.0 Å². The number of benzene rings is 2. The molecule has 0 spiro atoms. The Bertz CT molecular complexity index is 1300. The molecule has 0 atom stereocenters. The van der Waals surface area contributed by atoms with E-state index in [1.165, 1.54) is 31.6 Å². The number of rotatable bonds is 9. The van der Waals surface area contributed by atoms with Crippen LogP contribution in [0.2, 0.25) is 10.0 Å². The number of ether oxygens (including phenoxy) is 2. The molecule has 3 rings (SSSR count). The van der Waals surface area contributed by atoms with Crippen molar-refractivity contribution in [3.8, 4) is 21.9 Å². The summed E-state index contributed by atoms with van der Waals surface area (Å²) < 4.78 is 10.8. The van der Waals surface area contributed by atoms with Crippen LogP contribution < -0.4 is 20.1 Å². The average Bonchev–Trinajstić information content (AvgIpc) is 3.20. The maximum Gasteiger partial charge on any atom is 0.247 e. The number of carbonyl (C=O) groups excluding carboxylic acids is 1. The molecule has 0 bridgehead atoms. The van der Waals surface area contributed by atoms with Crippen molar-refractivity contribution in [1.82, 2.24) is 0 Å². The highest BCUT2D eigenvalue weighted by atomic mass is 35.5. The van der Waals surface area contributed by atoms with Gasteiger partial charge in [-0.25, -0.2) is 4.99 Å². The second kappa shape index (κ2) is 11.4. The summed E-state index contributed by atoms with van der Waals surface area (Å²) in [5.41, 5.74) is 3.86. The van der Waals surface area contributed by atoms with E-state index in [4.69, 9.17) is 32.7 Å². The predicted molar refractivity (Wildman–Crippen MR) is 149 cm³/mol. The second-order valence-corrected chi connectivity index (χ2v) is 9.29. The largest absolute Gasteiger partial charge is 0.495 e. The Labute approximate surface area is 218 Å². The van der Waals surface area contributed by atoms with Crippen molar-refractivity contribution in [2.24, 2.45) is 4.99 Å². The Hall–Kier alpha value is -3.26. The Morgan fingerprint density at radius 3 is 2.29 bits per heavy atom. The van der Waals surface area contributed by atoms with E-state index in [-0.39, 0.29) is 5.91 Å². The van der Waals surface area contributed by atoms with Gasteiger partial charge in [0.1, 0.15) is 17.3 Å². The normalized spacial score (nSPS) is 11.1. The van der Waals surface area contributed by atoms with Gasteiger partial charge >= 0.3 is 0 Å². The van der Waals surface area contributed by atoms with Crippen molar-refractivity contribution in [2.75, 3.05) is 24.9 Å². The van der Waals surface area contributed by atoms with Gasteiger partial charge in [-0.2, -0.15) is 0 Å². The quantitative estimate of drug-likeness (QED) is 0.221. The third kappa shape index (κ3) is 5.70. The third-order valence-electron chi connectivity index (χ3n) is 5.18. The number of aliphatic imine (C=N–C) groups is 1. The van der Waals surface area contributed by atoms with Gasteiger partial charge in [0.2, 0.25) is 5.91 Å².